The number of halogens is 1. The molecule has 0 aliphatic rings. The molecule has 0 saturated heterocycles. The summed E-state index contributed by atoms with van der Waals surface area (Å²) in [5, 5.41) is 3.84. The van der Waals surface area contributed by atoms with Crippen LogP contribution in [0.3, 0.4) is 0 Å². The molecule has 0 aliphatic heterocycles. The van der Waals surface area contributed by atoms with Gasteiger partial charge in [0.2, 0.25) is 11.7 Å². The fourth-order valence-corrected chi connectivity index (χ4v) is 1.88. The Balaban J connectivity index is 2.04. The van der Waals surface area contributed by atoms with E-state index >= 15 is 0 Å². The normalized spacial score (nSPS) is 10.7. The highest BCUT2D eigenvalue weighted by atomic mass is 32.2. The number of thioether (sulfide) groups is 1. The van der Waals surface area contributed by atoms with Gasteiger partial charge < -0.3 is 10.3 Å². The van der Waals surface area contributed by atoms with Gasteiger partial charge in [-0.3, -0.25) is 0 Å². The number of hydrogen-bond acceptors (Lipinski definition) is 5. The van der Waals surface area contributed by atoms with E-state index in [2.05, 4.69) is 10.1 Å². The number of hydrogen-bond donors (Lipinski definition) is 1. The van der Waals surface area contributed by atoms with Gasteiger partial charge in [0.15, 0.2) is 0 Å². The minimum Gasteiger partial charge on any atom is -0.338 e. The van der Waals surface area contributed by atoms with Gasteiger partial charge in [0.1, 0.15) is 5.82 Å². The molecule has 0 amide bonds. The van der Waals surface area contributed by atoms with E-state index in [1.807, 2.05) is 0 Å². The first-order valence-electron chi connectivity index (χ1n) is 5.16. The van der Waals surface area contributed by atoms with E-state index in [0.29, 0.717) is 24.0 Å². The Kier molecular flexibility index (Phi) is 4.11. The second-order valence-corrected chi connectivity index (χ2v) is 4.47. The minimum absolute atomic E-state index is 0.282. The van der Waals surface area contributed by atoms with Crippen LogP contribution < -0.4 is 5.73 Å². The molecule has 6 heteroatoms. The Morgan fingerprint density at radius 1 is 1.29 bits per heavy atom. The van der Waals surface area contributed by atoms with Crippen molar-refractivity contribution in [1.29, 1.82) is 0 Å². The van der Waals surface area contributed by atoms with Crippen LogP contribution >= 0.6 is 11.8 Å². The first-order valence-corrected chi connectivity index (χ1v) is 6.31. The Labute approximate surface area is 102 Å². The molecule has 0 atom stereocenters. The largest absolute Gasteiger partial charge is 0.338 e. The molecule has 17 heavy (non-hydrogen) atoms. The predicted molar refractivity (Wildman–Crippen MR) is 64.9 cm³/mol. The second kappa shape index (κ2) is 5.79. The highest BCUT2D eigenvalue weighted by Crippen LogP contribution is 2.18. The molecule has 1 aromatic carbocycles. The zero-order valence-electron chi connectivity index (χ0n) is 9.10. The molecular weight excluding hydrogens is 241 g/mol. The first kappa shape index (κ1) is 12.1. The van der Waals surface area contributed by atoms with Gasteiger partial charge in [0.05, 0.1) is 5.75 Å². The molecule has 1 aromatic heterocycles. The van der Waals surface area contributed by atoms with Crippen molar-refractivity contribution in [3.63, 3.8) is 0 Å². The third-order valence-electron chi connectivity index (χ3n) is 2.06. The van der Waals surface area contributed by atoms with Crippen molar-refractivity contribution in [2.45, 2.75) is 5.75 Å². The fourth-order valence-electron chi connectivity index (χ4n) is 1.27. The molecule has 0 aliphatic carbocycles. The molecule has 0 unspecified atom stereocenters. The molecule has 0 bridgehead atoms. The summed E-state index contributed by atoms with van der Waals surface area (Å²) in [4.78, 5) is 4.22. The smallest absolute Gasteiger partial charge is 0.236 e. The molecular formula is C11H12FN3OS. The standard InChI is InChI=1S/C11H12FN3OS/c12-9-3-1-8(2-4-9)11-14-10(16-15-11)7-17-6-5-13/h1-4H,5-7,13H2. The quantitative estimate of drug-likeness (QED) is 0.826. The van der Waals surface area contributed by atoms with Gasteiger partial charge in [0.25, 0.3) is 0 Å². The van der Waals surface area contributed by atoms with Gasteiger partial charge >= 0.3 is 0 Å². The van der Waals surface area contributed by atoms with Crippen LogP contribution in [-0.2, 0) is 5.75 Å². The minimum atomic E-state index is -0.282. The summed E-state index contributed by atoms with van der Waals surface area (Å²) in [7, 11) is 0. The highest BCUT2D eigenvalue weighted by molar-refractivity contribution is 7.98. The van der Waals surface area contributed by atoms with Crippen LogP contribution in [0.2, 0.25) is 0 Å². The molecule has 0 saturated carbocycles. The molecule has 2 aromatic rings. The van der Waals surface area contributed by atoms with Crippen molar-refractivity contribution in [3.05, 3.63) is 36.0 Å². The molecule has 2 N–H and O–H groups in total. The summed E-state index contributed by atoms with van der Waals surface area (Å²) < 4.78 is 17.8. The van der Waals surface area contributed by atoms with Crippen molar-refractivity contribution in [1.82, 2.24) is 10.1 Å². The SMILES string of the molecule is NCCSCc1nc(-c2ccc(F)cc2)no1. The van der Waals surface area contributed by atoms with E-state index in [1.165, 1.54) is 12.1 Å². The van der Waals surface area contributed by atoms with Crippen molar-refractivity contribution < 1.29 is 8.91 Å². The zero-order chi connectivity index (χ0) is 12.1. The maximum absolute atomic E-state index is 12.7. The lowest BCUT2D eigenvalue weighted by Crippen LogP contribution is -2.01. The van der Waals surface area contributed by atoms with Crippen LogP contribution in [-0.4, -0.2) is 22.4 Å². The van der Waals surface area contributed by atoms with Gasteiger partial charge in [-0.2, -0.15) is 16.7 Å². The highest BCUT2D eigenvalue weighted by Gasteiger charge is 2.08. The molecule has 4 nitrogen and oxygen atoms in total. The Bertz CT molecular complexity index is 472. The van der Waals surface area contributed by atoms with E-state index in [1.54, 1.807) is 23.9 Å². The monoisotopic (exact) mass is 253 g/mol. The Morgan fingerprint density at radius 3 is 2.76 bits per heavy atom. The van der Waals surface area contributed by atoms with Crippen LogP contribution in [0, 0.1) is 5.82 Å². The molecule has 1 heterocycles. The second-order valence-electron chi connectivity index (χ2n) is 3.36. The van der Waals surface area contributed by atoms with Crippen LogP contribution in [0.25, 0.3) is 11.4 Å². The molecule has 0 radical (unpaired) electrons. The summed E-state index contributed by atoms with van der Waals surface area (Å²) in [6.07, 6.45) is 0. The Hall–Kier alpha value is -1.40. The van der Waals surface area contributed by atoms with Crippen molar-refractivity contribution >= 4 is 11.8 Å². The van der Waals surface area contributed by atoms with Gasteiger partial charge in [-0.1, -0.05) is 5.16 Å². The first-order chi connectivity index (χ1) is 8.29. The number of benzene rings is 1. The van der Waals surface area contributed by atoms with Gasteiger partial charge in [-0.15, -0.1) is 0 Å². The van der Waals surface area contributed by atoms with Crippen LogP contribution in [0.15, 0.2) is 28.8 Å². The van der Waals surface area contributed by atoms with Crippen molar-refractivity contribution in [3.8, 4) is 11.4 Å². The van der Waals surface area contributed by atoms with E-state index in [9.17, 15) is 4.39 Å². The Morgan fingerprint density at radius 2 is 2.06 bits per heavy atom. The lowest BCUT2D eigenvalue weighted by molar-refractivity contribution is 0.391. The van der Waals surface area contributed by atoms with Crippen LogP contribution in [0.1, 0.15) is 5.89 Å². The summed E-state index contributed by atoms with van der Waals surface area (Å²) in [6.45, 7) is 0.629. The average Bonchev–Trinajstić information content (AvgIpc) is 2.79. The van der Waals surface area contributed by atoms with Gasteiger partial charge in [-0.05, 0) is 24.3 Å². The summed E-state index contributed by atoms with van der Waals surface area (Å²) in [6, 6.07) is 5.98. The van der Waals surface area contributed by atoms with Crippen LogP contribution in [0.5, 0.6) is 0 Å². The summed E-state index contributed by atoms with van der Waals surface area (Å²) >= 11 is 1.64. The van der Waals surface area contributed by atoms with E-state index in [4.69, 9.17) is 10.3 Å². The van der Waals surface area contributed by atoms with Gasteiger partial charge in [0, 0.05) is 17.9 Å². The molecule has 0 fully saturated rings. The zero-order valence-corrected chi connectivity index (χ0v) is 9.91. The fraction of sp³-hybridized carbons (Fsp3) is 0.273. The van der Waals surface area contributed by atoms with Crippen molar-refractivity contribution in [2.75, 3.05) is 12.3 Å². The molecule has 90 valence electrons. The van der Waals surface area contributed by atoms with Gasteiger partial charge in [-0.25, -0.2) is 4.39 Å². The molecule has 2 rings (SSSR count). The third-order valence-corrected chi connectivity index (χ3v) is 3.03. The number of nitrogens with two attached hydrogens (primary N) is 1. The lowest BCUT2D eigenvalue weighted by Gasteiger charge is -1.93. The maximum Gasteiger partial charge on any atom is 0.236 e. The average molecular weight is 253 g/mol. The topological polar surface area (TPSA) is 64.9 Å². The molecule has 0 spiro atoms. The van der Waals surface area contributed by atoms with E-state index in [-0.39, 0.29) is 5.82 Å². The lowest BCUT2D eigenvalue weighted by atomic mass is 10.2. The van der Waals surface area contributed by atoms with E-state index < -0.39 is 0 Å². The number of rotatable bonds is 5. The number of nitrogens with zero attached hydrogens (tertiary/aromatic N) is 2. The maximum atomic E-state index is 12.7. The summed E-state index contributed by atoms with van der Waals surface area (Å²) in [5.74, 6) is 2.26. The third kappa shape index (κ3) is 3.28. The van der Waals surface area contributed by atoms with E-state index in [0.717, 1.165) is 11.3 Å². The number of aromatic nitrogens is 2. The predicted octanol–water partition coefficient (Wildman–Crippen LogP) is 2.07. The summed E-state index contributed by atoms with van der Waals surface area (Å²) in [5.41, 5.74) is 6.12. The van der Waals surface area contributed by atoms with Crippen molar-refractivity contribution in [2.24, 2.45) is 5.73 Å². The van der Waals surface area contributed by atoms with Crippen LogP contribution in [0.4, 0.5) is 4.39 Å².